The molecule has 4 rings (SSSR count). The summed E-state index contributed by atoms with van der Waals surface area (Å²) in [5.41, 5.74) is 1.50. The molecule has 2 aliphatic rings. The van der Waals surface area contributed by atoms with Gasteiger partial charge in [0.1, 0.15) is 6.33 Å². The highest BCUT2D eigenvalue weighted by Gasteiger charge is 2.28. The van der Waals surface area contributed by atoms with Crippen LogP contribution in [-0.2, 0) is 20.8 Å². The summed E-state index contributed by atoms with van der Waals surface area (Å²) < 4.78 is 18.7. The first-order chi connectivity index (χ1) is 13.8. The van der Waals surface area contributed by atoms with Gasteiger partial charge < -0.3 is 28.8 Å². The molecule has 2 aromatic rings. The monoisotopic (exact) mass is 391 g/mol. The molecule has 2 fully saturated rings. The van der Waals surface area contributed by atoms with E-state index in [0.29, 0.717) is 26.4 Å². The summed E-state index contributed by atoms with van der Waals surface area (Å²) in [6, 6.07) is 0. The molecule has 0 aliphatic carbocycles. The molecule has 28 heavy (non-hydrogen) atoms. The quantitative estimate of drug-likeness (QED) is 0.633. The number of hydrogen-bond acceptors (Lipinski definition) is 8. The maximum atomic E-state index is 10.5. The molecule has 1 N–H and O–H groups in total. The number of nitrogens with zero attached hydrogens (tertiary/aromatic N) is 5. The maximum absolute atomic E-state index is 10.5. The number of hydrogen-bond donors (Lipinski definition) is 1. The lowest BCUT2D eigenvalue weighted by Gasteiger charge is -2.19. The van der Waals surface area contributed by atoms with Crippen molar-refractivity contribution in [2.24, 2.45) is 0 Å². The highest BCUT2D eigenvalue weighted by molar-refractivity contribution is 5.83. The number of aliphatic hydroxyl groups excluding tert-OH is 1. The van der Waals surface area contributed by atoms with E-state index in [1.54, 1.807) is 12.7 Å². The van der Waals surface area contributed by atoms with Crippen LogP contribution >= 0.6 is 0 Å². The maximum Gasteiger partial charge on any atom is 0.165 e. The molecule has 154 valence electrons. The molecule has 9 heteroatoms. The first kappa shape index (κ1) is 19.5. The molecule has 0 amide bonds. The van der Waals surface area contributed by atoms with Crippen LogP contribution in [0.1, 0.15) is 26.2 Å². The third kappa shape index (κ3) is 4.27. The lowest BCUT2D eigenvalue weighted by Crippen LogP contribution is -2.29. The fourth-order valence-corrected chi connectivity index (χ4v) is 3.93. The van der Waals surface area contributed by atoms with Gasteiger partial charge in [-0.1, -0.05) is 0 Å². The zero-order valence-corrected chi connectivity index (χ0v) is 16.4. The number of aliphatic hydroxyl groups is 1. The van der Waals surface area contributed by atoms with Crippen molar-refractivity contribution in [3.8, 4) is 0 Å². The zero-order chi connectivity index (χ0) is 19.3. The Morgan fingerprint density at radius 1 is 1.29 bits per heavy atom. The molecule has 2 saturated heterocycles. The van der Waals surface area contributed by atoms with E-state index < -0.39 is 6.10 Å². The SMILES string of the molecule is CCOCCO[C@H]1CCN(c2ncnc3c2ncn3CC(O)C2CCCO2)C1. The Morgan fingerprint density at radius 2 is 2.21 bits per heavy atom. The molecule has 0 radical (unpaired) electrons. The van der Waals surface area contributed by atoms with E-state index >= 15 is 0 Å². The average molecular weight is 391 g/mol. The van der Waals surface area contributed by atoms with Gasteiger partial charge in [0.25, 0.3) is 0 Å². The Hall–Kier alpha value is -1.81. The molecule has 0 bridgehead atoms. The molecular weight excluding hydrogens is 362 g/mol. The predicted octanol–water partition coefficient (Wildman–Crippen LogP) is 0.998. The van der Waals surface area contributed by atoms with Crippen molar-refractivity contribution < 1.29 is 19.3 Å². The van der Waals surface area contributed by atoms with Crippen LogP contribution in [0.2, 0.25) is 0 Å². The lowest BCUT2D eigenvalue weighted by atomic mass is 10.1. The number of fused-ring (bicyclic) bond motifs is 1. The van der Waals surface area contributed by atoms with Crippen molar-refractivity contribution in [3.05, 3.63) is 12.7 Å². The predicted molar refractivity (Wildman–Crippen MR) is 103 cm³/mol. The lowest BCUT2D eigenvalue weighted by molar-refractivity contribution is -0.00902. The van der Waals surface area contributed by atoms with Gasteiger partial charge in [0.15, 0.2) is 17.0 Å². The van der Waals surface area contributed by atoms with Crippen LogP contribution in [0.25, 0.3) is 11.2 Å². The summed E-state index contributed by atoms with van der Waals surface area (Å²) in [6.07, 6.45) is 5.66. The minimum Gasteiger partial charge on any atom is -0.389 e. The van der Waals surface area contributed by atoms with E-state index in [4.69, 9.17) is 14.2 Å². The van der Waals surface area contributed by atoms with Crippen LogP contribution in [0, 0.1) is 0 Å². The van der Waals surface area contributed by atoms with Gasteiger partial charge in [-0.25, -0.2) is 15.0 Å². The van der Waals surface area contributed by atoms with Gasteiger partial charge in [-0.05, 0) is 26.2 Å². The minimum absolute atomic E-state index is 0.105. The number of anilines is 1. The third-order valence-corrected chi connectivity index (χ3v) is 5.39. The summed E-state index contributed by atoms with van der Waals surface area (Å²) in [5.74, 6) is 0.825. The molecule has 3 atom stereocenters. The van der Waals surface area contributed by atoms with Crippen molar-refractivity contribution in [1.82, 2.24) is 19.5 Å². The summed E-state index contributed by atoms with van der Waals surface area (Å²) in [4.78, 5) is 15.6. The third-order valence-electron chi connectivity index (χ3n) is 5.39. The van der Waals surface area contributed by atoms with E-state index in [2.05, 4.69) is 19.9 Å². The highest BCUT2D eigenvalue weighted by atomic mass is 16.5. The molecule has 0 aromatic carbocycles. The molecule has 9 nitrogen and oxygen atoms in total. The number of rotatable bonds is 9. The number of ether oxygens (including phenoxy) is 3. The zero-order valence-electron chi connectivity index (χ0n) is 16.4. The van der Waals surface area contributed by atoms with Crippen molar-refractivity contribution in [2.75, 3.05) is 44.4 Å². The molecule has 2 unspecified atom stereocenters. The van der Waals surface area contributed by atoms with Crippen molar-refractivity contribution >= 4 is 17.0 Å². The topological polar surface area (TPSA) is 94.8 Å². The van der Waals surface area contributed by atoms with Crippen LogP contribution < -0.4 is 4.90 Å². The molecule has 0 saturated carbocycles. The second kappa shape index (κ2) is 9.13. The van der Waals surface area contributed by atoms with Gasteiger partial charge in [0.05, 0.1) is 44.4 Å². The summed E-state index contributed by atoms with van der Waals surface area (Å²) >= 11 is 0. The largest absolute Gasteiger partial charge is 0.389 e. The molecule has 0 spiro atoms. The van der Waals surface area contributed by atoms with Crippen LogP contribution in [0.4, 0.5) is 5.82 Å². The Balaban J connectivity index is 1.42. The Bertz CT molecular complexity index is 764. The molecule has 2 aromatic heterocycles. The summed E-state index contributed by atoms with van der Waals surface area (Å²) in [6.45, 7) is 6.73. The normalized spacial score (nSPS) is 23.7. The fraction of sp³-hybridized carbons (Fsp3) is 0.737. The van der Waals surface area contributed by atoms with Gasteiger partial charge in [-0.2, -0.15) is 0 Å². The smallest absolute Gasteiger partial charge is 0.165 e. The standard InChI is InChI=1S/C19H29N5O4/c1-2-26-8-9-27-14-5-6-23(10-14)18-17-19(21-12-20-18)24(13-22-17)11-15(25)16-4-3-7-28-16/h12-16,25H,2-11H2,1H3/t14-,15?,16?/m0/s1. The van der Waals surface area contributed by atoms with Crippen molar-refractivity contribution in [3.63, 3.8) is 0 Å². The highest BCUT2D eigenvalue weighted by Crippen LogP contribution is 2.26. The first-order valence-corrected chi connectivity index (χ1v) is 10.2. The summed E-state index contributed by atoms with van der Waals surface area (Å²) in [5, 5.41) is 10.5. The van der Waals surface area contributed by atoms with E-state index in [-0.39, 0.29) is 12.2 Å². The van der Waals surface area contributed by atoms with Crippen LogP contribution in [0.15, 0.2) is 12.7 Å². The first-order valence-electron chi connectivity index (χ1n) is 10.2. The van der Waals surface area contributed by atoms with E-state index in [9.17, 15) is 5.11 Å². The Kier molecular flexibility index (Phi) is 6.36. The number of imidazole rings is 1. The van der Waals surface area contributed by atoms with Gasteiger partial charge in [0.2, 0.25) is 0 Å². The Morgan fingerprint density at radius 3 is 3.04 bits per heavy atom. The van der Waals surface area contributed by atoms with Crippen LogP contribution in [-0.4, -0.2) is 82.5 Å². The van der Waals surface area contributed by atoms with Gasteiger partial charge in [-0.15, -0.1) is 0 Å². The van der Waals surface area contributed by atoms with E-state index in [0.717, 1.165) is 55.9 Å². The average Bonchev–Trinajstić information content (AvgIpc) is 3.46. The Labute approximate surface area is 164 Å². The van der Waals surface area contributed by atoms with Crippen LogP contribution in [0.3, 0.4) is 0 Å². The molecule has 2 aliphatic heterocycles. The van der Waals surface area contributed by atoms with Gasteiger partial charge in [-0.3, -0.25) is 0 Å². The molecule has 4 heterocycles. The summed E-state index contributed by atoms with van der Waals surface area (Å²) in [7, 11) is 0. The van der Waals surface area contributed by atoms with Gasteiger partial charge >= 0.3 is 0 Å². The van der Waals surface area contributed by atoms with Crippen LogP contribution in [0.5, 0.6) is 0 Å². The second-order valence-corrected chi connectivity index (χ2v) is 7.31. The van der Waals surface area contributed by atoms with Crippen molar-refractivity contribution in [2.45, 2.75) is 51.0 Å². The fourth-order valence-electron chi connectivity index (χ4n) is 3.93. The van der Waals surface area contributed by atoms with E-state index in [1.807, 2.05) is 11.5 Å². The van der Waals surface area contributed by atoms with Gasteiger partial charge in [0, 0.05) is 26.3 Å². The minimum atomic E-state index is -0.562. The van der Waals surface area contributed by atoms with Crippen molar-refractivity contribution in [1.29, 1.82) is 0 Å². The van der Waals surface area contributed by atoms with E-state index in [1.165, 1.54) is 0 Å². The molecular formula is C19H29N5O4. The number of aromatic nitrogens is 4. The second-order valence-electron chi connectivity index (χ2n) is 7.31.